The van der Waals surface area contributed by atoms with Crippen molar-refractivity contribution in [2.75, 3.05) is 6.61 Å². The molecule has 2 N–H and O–H groups in total. The molecular formula is C20H24N2O3. The van der Waals surface area contributed by atoms with E-state index in [1.54, 1.807) is 0 Å². The Morgan fingerprint density at radius 2 is 1.32 bits per heavy atom. The van der Waals surface area contributed by atoms with Crippen molar-refractivity contribution in [3.8, 4) is 5.75 Å². The summed E-state index contributed by atoms with van der Waals surface area (Å²) >= 11 is 0. The average Bonchev–Trinajstić information content (AvgIpc) is 2.49. The Balaban J connectivity index is 1.90. The zero-order valence-electron chi connectivity index (χ0n) is 15.3. The van der Waals surface area contributed by atoms with Gasteiger partial charge in [0.15, 0.2) is 6.61 Å². The highest BCUT2D eigenvalue weighted by atomic mass is 16.5. The van der Waals surface area contributed by atoms with Gasteiger partial charge in [0.1, 0.15) is 5.75 Å². The van der Waals surface area contributed by atoms with Gasteiger partial charge in [-0.25, -0.2) is 0 Å². The van der Waals surface area contributed by atoms with Gasteiger partial charge in [0.25, 0.3) is 11.8 Å². The summed E-state index contributed by atoms with van der Waals surface area (Å²) in [4.78, 5) is 24.2. The SMILES string of the molecule is Cc1cc(C)cc(OCC(=O)NNC(=O)c2c(C)cc(C)cc2C)c1. The van der Waals surface area contributed by atoms with Gasteiger partial charge in [0.05, 0.1) is 0 Å². The lowest BCUT2D eigenvalue weighted by atomic mass is 9.99. The summed E-state index contributed by atoms with van der Waals surface area (Å²) in [5.74, 6) is -0.131. The minimum Gasteiger partial charge on any atom is -0.484 e. The first-order valence-corrected chi connectivity index (χ1v) is 8.14. The number of carbonyl (C=O) groups is 2. The molecule has 0 heterocycles. The maximum Gasteiger partial charge on any atom is 0.276 e. The minimum absolute atomic E-state index is 0.172. The highest BCUT2D eigenvalue weighted by Crippen LogP contribution is 2.17. The van der Waals surface area contributed by atoms with E-state index < -0.39 is 5.91 Å². The number of ether oxygens (including phenoxy) is 1. The first-order chi connectivity index (χ1) is 11.8. The third kappa shape index (κ3) is 5.08. The first-order valence-electron chi connectivity index (χ1n) is 8.14. The predicted octanol–water partition coefficient (Wildman–Crippen LogP) is 3.07. The van der Waals surface area contributed by atoms with Crippen LogP contribution in [-0.4, -0.2) is 18.4 Å². The summed E-state index contributed by atoms with van der Waals surface area (Å²) in [6.07, 6.45) is 0. The van der Waals surface area contributed by atoms with Gasteiger partial charge in [-0.3, -0.25) is 20.4 Å². The van der Waals surface area contributed by atoms with Crippen LogP contribution >= 0.6 is 0 Å². The van der Waals surface area contributed by atoms with E-state index in [4.69, 9.17) is 4.74 Å². The molecular weight excluding hydrogens is 316 g/mol. The minimum atomic E-state index is -0.421. The third-order valence-corrected chi connectivity index (χ3v) is 3.78. The molecule has 2 rings (SSSR count). The van der Waals surface area contributed by atoms with Crippen molar-refractivity contribution in [2.24, 2.45) is 0 Å². The Labute approximate surface area is 148 Å². The molecule has 0 radical (unpaired) electrons. The van der Waals surface area contributed by atoms with Crippen molar-refractivity contribution in [1.82, 2.24) is 10.9 Å². The van der Waals surface area contributed by atoms with E-state index in [9.17, 15) is 9.59 Å². The van der Waals surface area contributed by atoms with Crippen LogP contribution < -0.4 is 15.6 Å². The van der Waals surface area contributed by atoms with Crippen LogP contribution in [0, 0.1) is 34.6 Å². The van der Waals surface area contributed by atoms with E-state index in [-0.39, 0.29) is 12.5 Å². The Bertz CT molecular complexity index is 769. The number of carbonyl (C=O) groups excluding carboxylic acids is 2. The van der Waals surface area contributed by atoms with Gasteiger partial charge in [0.2, 0.25) is 0 Å². The third-order valence-electron chi connectivity index (χ3n) is 3.78. The van der Waals surface area contributed by atoms with E-state index in [0.29, 0.717) is 11.3 Å². The molecule has 2 aromatic rings. The molecule has 2 amide bonds. The molecule has 25 heavy (non-hydrogen) atoms. The lowest BCUT2D eigenvalue weighted by molar-refractivity contribution is -0.123. The van der Waals surface area contributed by atoms with Gasteiger partial charge in [-0.15, -0.1) is 0 Å². The Kier molecular flexibility index (Phi) is 5.80. The fourth-order valence-electron chi connectivity index (χ4n) is 2.93. The molecule has 0 aliphatic carbocycles. The van der Waals surface area contributed by atoms with Gasteiger partial charge < -0.3 is 4.74 Å². The van der Waals surface area contributed by atoms with Crippen molar-refractivity contribution in [3.63, 3.8) is 0 Å². The van der Waals surface area contributed by atoms with Gasteiger partial charge in [-0.2, -0.15) is 0 Å². The number of hydrogen-bond acceptors (Lipinski definition) is 3. The van der Waals surface area contributed by atoms with Crippen molar-refractivity contribution in [1.29, 1.82) is 0 Å². The summed E-state index contributed by atoms with van der Waals surface area (Å²) in [6.45, 7) is 9.49. The molecule has 5 heteroatoms. The van der Waals surface area contributed by atoms with Crippen LogP contribution in [-0.2, 0) is 4.79 Å². The highest BCUT2D eigenvalue weighted by Gasteiger charge is 2.13. The first kappa shape index (κ1) is 18.5. The molecule has 5 nitrogen and oxygen atoms in total. The summed E-state index contributed by atoms with van der Waals surface area (Å²) < 4.78 is 5.47. The Hall–Kier alpha value is -2.82. The van der Waals surface area contributed by atoms with Crippen LogP contribution in [0.2, 0.25) is 0 Å². The van der Waals surface area contributed by atoms with Crippen LogP contribution in [0.5, 0.6) is 5.75 Å². The quantitative estimate of drug-likeness (QED) is 0.841. The van der Waals surface area contributed by atoms with Crippen LogP contribution in [0.25, 0.3) is 0 Å². The molecule has 0 saturated carbocycles. The normalized spacial score (nSPS) is 10.3. The highest BCUT2D eigenvalue weighted by molar-refractivity contribution is 5.98. The van der Waals surface area contributed by atoms with Crippen LogP contribution in [0.4, 0.5) is 0 Å². The van der Waals surface area contributed by atoms with Crippen molar-refractivity contribution < 1.29 is 14.3 Å². The lowest BCUT2D eigenvalue weighted by Crippen LogP contribution is -2.44. The fraction of sp³-hybridized carbons (Fsp3) is 0.300. The van der Waals surface area contributed by atoms with E-state index >= 15 is 0 Å². The van der Waals surface area contributed by atoms with Crippen molar-refractivity contribution in [2.45, 2.75) is 34.6 Å². The zero-order valence-corrected chi connectivity index (χ0v) is 15.3. The number of rotatable bonds is 4. The standard InChI is InChI=1S/C20H24N2O3/c1-12-6-13(2)10-17(9-12)25-11-18(23)21-22-20(24)19-15(4)7-14(3)8-16(19)5/h6-10H,11H2,1-5H3,(H,21,23)(H,22,24). The number of benzene rings is 2. The van der Waals surface area contributed by atoms with Gasteiger partial charge in [-0.1, -0.05) is 23.8 Å². The van der Waals surface area contributed by atoms with E-state index in [1.165, 1.54) is 0 Å². The van der Waals surface area contributed by atoms with Crippen LogP contribution in [0.3, 0.4) is 0 Å². The van der Waals surface area contributed by atoms with Gasteiger partial charge >= 0.3 is 0 Å². The second-order valence-corrected chi connectivity index (χ2v) is 6.39. The number of hydrogen-bond donors (Lipinski definition) is 2. The average molecular weight is 340 g/mol. The summed E-state index contributed by atoms with van der Waals surface area (Å²) in [5, 5.41) is 0. The molecule has 0 spiro atoms. The smallest absolute Gasteiger partial charge is 0.276 e. The molecule has 0 fully saturated rings. The number of hydrazine groups is 1. The van der Waals surface area contributed by atoms with Crippen molar-refractivity contribution in [3.05, 3.63) is 63.7 Å². The second kappa shape index (κ2) is 7.83. The summed E-state index contributed by atoms with van der Waals surface area (Å²) in [6, 6.07) is 9.62. The van der Waals surface area contributed by atoms with Crippen LogP contribution in [0.15, 0.2) is 30.3 Å². The van der Waals surface area contributed by atoms with Gasteiger partial charge in [-0.05, 0) is 69.0 Å². The van der Waals surface area contributed by atoms with E-state index in [0.717, 1.165) is 27.8 Å². The molecule has 0 bridgehead atoms. The lowest BCUT2D eigenvalue weighted by Gasteiger charge is -2.13. The Morgan fingerprint density at radius 1 is 0.800 bits per heavy atom. The predicted molar refractivity (Wildman–Crippen MR) is 97.7 cm³/mol. The molecule has 0 saturated heterocycles. The zero-order chi connectivity index (χ0) is 18.6. The molecule has 0 aliphatic rings. The molecule has 0 atom stereocenters. The monoisotopic (exact) mass is 340 g/mol. The van der Waals surface area contributed by atoms with E-state index in [1.807, 2.05) is 65.0 Å². The molecule has 132 valence electrons. The van der Waals surface area contributed by atoms with E-state index in [2.05, 4.69) is 10.9 Å². The largest absolute Gasteiger partial charge is 0.484 e. The van der Waals surface area contributed by atoms with Crippen molar-refractivity contribution >= 4 is 11.8 Å². The van der Waals surface area contributed by atoms with Crippen LogP contribution in [0.1, 0.15) is 38.2 Å². The molecule has 0 unspecified atom stereocenters. The molecule has 0 aliphatic heterocycles. The summed E-state index contributed by atoms with van der Waals surface area (Å²) in [7, 11) is 0. The number of amides is 2. The molecule has 2 aromatic carbocycles. The number of aryl methyl sites for hydroxylation is 5. The maximum absolute atomic E-state index is 12.3. The summed E-state index contributed by atoms with van der Waals surface area (Å²) in [5.41, 5.74) is 10.4. The maximum atomic E-state index is 12.3. The molecule has 0 aromatic heterocycles. The fourth-order valence-corrected chi connectivity index (χ4v) is 2.93. The second-order valence-electron chi connectivity index (χ2n) is 6.39. The van der Waals surface area contributed by atoms with Gasteiger partial charge in [0, 0.05) is 5.56 Å². The Morgan fingerprint density at radius 3 is 1.88 bits per heavy atom. The topological polar surface area (TPSA) is 67.4 Å². The number of nitrogens with one attached hydrogen (secondary N) is 2.